The van der Waals surface area contributed by atoms with Crippen LogP contribution in [0.3, 0.4) is 0 Å². The number of rotatable bonds is 8. The predicted octanol–water partition coefficient (Wildman–Crippen LogP) is 3.44. The number of benzene rings is 2. The van der Waals surface area contributed by atoms with Crippen LogP contribution in [0.25, 0.3) is 22.5 Å². The molecule has 4 aromatic rings. The maximum atomic E-state index is 11.3. The molecule has 0 aliphatic rings. The second-order valence-corrected chi connectivity index (χ2v) is 6.97. The number of hydrogen-bond donors (Lipinski definition) is 2. The average Bonchev–Trinajstić information content (AvgIpc) is 3.34. The number of nitrogens with one attached hydrogen (secondary N) is 1. The molecule has 0 unspecified atom stereocenters. The second-order valence-electron chi connectivity index (χ2n) is 6.97. The van der Waals surface area contributed by atoms with Gasteiger partial charge in [0.2, 0.25) is 5.82 Å². The van der Waals surface area contributed by atoms with Gasteiger partial charge in [-0.1, -0.05) is 55.5 Å². The fourth-order valence-electron chi connectivity index (χ4n) is 3.40. The van der Waals surface area contributed by atoms with E-state index in [2.05, 4.69) is 66.7 Å². The summed E-state index contributed by atoms with van der Waals surface area (Å²) in [6, 6.07) is 17.7. The normalized spacial score (nSPS) is 10.7. The molecule has 0 fully saturated rings. The Morgan fingerprint density at radius 2 is 1.84 bits per heavy atom. The number of carboxylic acids is 1. The summed E-state index contributed by atoms with van der Waals surface area (Å²) >= 11 is 0. The van der Waals surface area contributed by atoms with Crippen molar-refractivity contribution in [1.82, 2.24) is 30.6 Å². The number of nitrogens with zero attached hydrogens (tertiary/aromatic N) is 6. The summed E-state index contributed by atoms with van der Waals surface area (Å²) in [6.07, 6.45) is 2.20. The summed E-state index contributed by atoms with van der Waals surface area (Å²) in [4.78, 5) is 21.4. The molecule has 0 radical (unpaired) electrons. The molecular formula is C22H21N7O2. The van der Waals surface area contributed by atoms with Gasteiger partial charge in [-0.25, -0.2) is 14.8 Å². The van der Waals surface area contributed by atoms with Crippen molar-refractivity contribution >= 4 is 11.8 Å². The molecule has 0 spiro atoms. The highest BCUT2D eigenvalue weighted by atomic mass is 16.4. The van der Waals surface area contributed by atoms with Crippen LogP contribution in [0.5, 0.6) is 0 Å². The zero-order valence-electron chi connectivity index (χ0n) is 16.9. The van der Waals surface area contributed by atoms with E-state index in [1.165, 1.54) is 12.4 Å². The Balaban J connectivity index is 1.58. The van der Waals surface area contributed by atoms with Crippen molar-refractivity contribution in [3.05, 3.63) is 72.2 Å². The summed E-state index contributed by atoms with van der Waals surface area (Å²) in [6.45, 7) is 3.43. The highest BCUT2D eigenvalue weighted by Crippen LogP contribution is 2.30. The van der Waals surface area contributed by atoms with Gasteiger partial charge in [0.1, 0.15) is 12.1 Å². The molecule has 0 saturated carbocycles. The molecule has 0 bridgehead atoms. The zero-order chi connectivity index (χ0) is 21.6. The van der Waals surface area contributed by atoms with Crippen LogP contribution in [0, 0.1) is 0 Å². The lowest BCUT2D eigenvalue weighted by Crippen LogP contribution is -2.25. The minimum absolute atomic E-state index is 0.0143. The van der Waals surface area contributed by atoms with Gasteiger partial charge in [0.05, 0.1) is 0 Å². The summed E-state index contributed by atoms with van der Waals surface area (Å²) in [7, 11) is 0. The van der Waals surface area contributed by atoms with Gasteiger partial charge < -0.3 is 10.0 Å². The number of carboxylic acid groups (broad SMARTS) is 1. The van der Waals surface area contributed by atoms with Crippen molar-refractivity contribution < 1.29 is 9.90 Å². The minimum atomic E-state index is -1.07. The summed E-state index contributed by atoms with van der Waals surface area (Å²) in [5.41, 5.74) is 4.03. The van der Waals surface area contributed by atoms with E-state index in [0.29, 0.717) is 18.2 Å². The highest BCUT2D eigenvalue weighted by molar-refractivity contribution is 5.86. The molecular weight excluding hydrogens is 394 g/mol. The van der Waals surface area contributed by atoms with E-state index in [9.17, 15) is 9.90 Å². The molecule has 0 aliphatic carbocycles. The Kier molecular flexibility index (Phi) is 5.93. The lowest BCUT2D eigenvalue weighted by atomic mass is 9.98. The molecule has 2 N–H and O–H groups in total. The largest absolute Gasteiger partial charge is 0.477 e. The highest BCUT2D eigenvalue weighted by Gasteiger charge is 2.14. The van der Waals surface area contributed by atoms with Gasteiger partial charge in [0.25, 0.3) is 0 Å². The van der Waals surface area contributed by atoms with E-state index >= 15 is 0 Å². The van der Waals surface area contributed by atoms with E-state index in [4.69, 9.17) is 0 Å². The first-order valence-electron chi connectivity index (χ1n) is 9.88. The standard InChI is InChI=1S/C22H21N7O2/c1-2-11-29(20-12-19(22(30)31)23-14-24-20)13-15-7-9-16(10-8-15)17-5-3-4-6-18(17)21-25-27-28-26-21/h3-10,12,14H,2,11,13H2,1H3,(H,30,31)(H,25,26,27,28). The van der Waals surface area contributed by atoms with E-state index in [1.54, 1.807) is 0 Å². The molecule has 0 aliphatic heterocycles. The first kappa shape index (κ1) is 20.1. The molecule has 0 atom stereocenters. The Morgan fingerprint density at radius 1 is 1.06 bits per heavy atom. The number of aromatic carboxylic acids is 1. The van der Waals surface area contributed by atoms with Crippen LogP contribution in [0.4, 0.5) is 5.82 Å². The monoisotopic (exact) mass is 415 g/mol. The summed E-state index contributed by atoms with van der Waals surface area (Å²) in [5, 5.41) is 23.6. The SMILES string of the molecule is CCCN(Cc1ccc(-c2ccccc2-c2nn[nH]n2)cc1)c1cc(C(=O)O)ncn1. The first-order chi connectivity index (χ1) is 15.2. The number of aromatic nitrogens is 6. The van der Waals surface area contributed by atoms with Crippen molar-refractivity contribution in [3.63, 3.8) is 0 Å². The number of aromatic amines is 1. The number of H-pyrrole nitrogens is 1. The van der Waals surface area contributed by atoms with Crippen LogP contribution >= 0.6 is 0 Å². The van der Waals surface area contributed by atoms with Gasteiger partial charge in [-0.15, -0.1) is 10.2 Å². The predicted molar refractivity (Wildman–Crippen MR) is 115 cm³/mol. The van der Waals surface area contributed by atoms with E-state index in [1.807, 2.05) is 24.3 Å². The Labute approximate surface area is 178 Å². The summed E-state index contributed by atoms with van der Waals surface area (Å²) < 4.78 is 0. The lowest BCUT2D eigenvalue weighted by Gasteiger charge is -2.23. The van der Waals surface area contributed by atoms with Crippen molar-refractivity contribution in [2.24, 2.45) is 0 Å². The third kappa shape index (κ3) is 4.55. The van der Waals surface area contributed by atoms with E-state index in [0.717, 1.165) is 35.2 Å². The Morgan fingerprint density at radius 3 is 2.52 bits per heavy atom. The number of tetrazole rings is 1. The zero-order valence-corrected chi connectivity index (χ0v) is 16.9. The number of anilines is 1. The quantitative estimate of drug-likeness (QED) is 0.449. The molecule has 31 heavy (non-hydrogen) atoms. The van der Waals surface area contributed by atoms with Crippen LogP contribution in [0.2, 0.25) is 0 Å². The van der Waals surface area contributed by atoms with Gasteiger partial charge in [-0.2, -0.15) is 5.21 Å². The molecule has 156 valence electrons. The molecule has 9 heteroatoms. The number of carbonyl (C=O) groups is 1. The van der Waals surface area contributed by atoms with Gasteiger partial charge in [-0.3, -0.25) is 0 Å². The fourth-order valence-corrected chi connectivity index (χ4v) is 3.40. The molecule has 2 heterocycles. The van der Waals surface area contributed by atoms with Crippen LogP contribution < -0.4 is 4.90 Å². The third-order valence-corrected chi connectivity index (χ3v) is 4.84. The van der Waals surface area contributed by atoms with Crippen molar-refractivity contribution in [2.45, 2.75) is 19.9 Å². The molecule has 2 aromatic heterocycles. The number of hydrogen-bond acceptors (Lipinski definition) is 7. The molecule has 9 nitrogen and oxygen atoms in total. The summed E-state index contributed by atoms with van der Waals surface area (Å²) in [5.74, 6) is 0.0808. The van der Waals surface area contributed by atoms with Crippen molar-refractivity contribution in [2.75, 3.05) is 11.4 Å². The molecule has 4 rings (SSSR count). The fraction of sp³-hybridized carbons (Fsp3) is 0.182. The Bertz CT molecular complexity index is 1160. The van der Waals surface area contributed by atoms with Crippen LogP contribution in [0.15, 0.2) is 60.9 Å². The molecule has 2 aromatic carbocycles. The first-order valence-corrected chi connectivity index (χ1v) is 9.88. The van der Waals surface area contributed by atoms with Crippen LogP contribution in [0.1, 0.15) is 29.4 Å². The third-order valence-electron chi connectivity index (χ3n) is 4.84. The van der Waals surface area contributed by atoms with Crippen molar-refractivity contribution in [1.29, 1.82) is 0 Å². The topological polar surface area (TPSA) is 121 Å². The smallest absolute Gasteiger partial charge is 0.354 e. The van der Waals surface area contributed by atoms with E-state index in [-0.39, 0.29) is 5.69 Å². The average molecular weight is 415 g/mol. The van der Waals surface area contributed by atoms with Crippen LogP contribution in [-0.2, 0) is 6.54 Å². The minimum Gasteiger partial charge on any atom is -0.477 e. The molecule has 0 saturated heterocycles. The van der Waals surface area contributed by atoms with Gasteiger partial charge in [0, 0.05) is 24.7 Å². The second kappa shape index (κ2) is 9.12. The molecule has 0 amide bonds. The van der Waals surface area contributed by atoms with Gasteiger partial charge in [-0.05, 0) is 28.3 Å². The maximum Gasteiger partial charge on any atom is 0.354 e. The van der Waals surface area contributed by atoms with E-state index < -0.39 is 5.97 Å². The van der Waals surface area contributed by atoms with Gasteiger partial charge >= 0.3 is 5.97 Å². The Hall–Kier alpha value is -4.14. The van der Waals surface area contributed by atoms with Crippen molar-refractivity contribution in [3.8, 4) is 22.5 Å². The van der Waals surface area contributed by atoms with Gasteiger partial charge in [0.15, 0.2) is 5.69 Å². The lowest BCUT2D eigenvalue weighted by molar-refractivity contribution is 0.0690. The maximum absolute atomic E-state index is 11.3. The van der Waals surface area contributed by atoms with Crippen LogP contribution in [-0.4, -0.2) is 48.2 Å².